The number of halogens is 1. The molecule has 0 aliphatic carbocycles. The van der Waals surface area contributed by atoms with E-state index in [0.717, 1.165) is 33.9 Å². The van der Waals surface area contributed by atoms with Crippen LogP contribution in [0.3, 0.4) is 0 Å². The summed E-state index contributed by atoms with van der Waals surface area (Å²) in [6, 6.07) is 6.26. The third-order valence-electron chi connectivity index (χ3n) is 4.58. The zero-order chi connectivity index (χ0) is 18.4. The Morgan fingerprint density at radius 1 is 1.19 bits per heavy atom. The molecule has 1 aromatic carbocycles. The molecule has 3 aromatic rings. The van der Waals surface area contributed by atoms with Gasteiger partial charge >= 0.3 is 0 Å². The van der Waals surface area contributed by atoms with E-state index < -0.39 is 0 Å². The summed E-state index contributed by atoms with van der Waals surface area (Å²) >= 11 is 1.56. The van der Waals surface area contributed by atoms with Crippen molar-refractivity contribution in [3.8, 4) is 5.69 Å². The summed E-state index contributed by atoms with van der Waals surface area (Å²) in [5, 5.41) is 14.7. The average Bonchev–Trinajstić information content (AvgIpc) is 3.04. The molecule has 1 aliphatic heterocycles. The Morgan fingerprint density at radius 3 is 2.65 bits per heavy atom. The van der Waals surface area contributed by atoms with Crippen molar-refractivity contribution >= 4 is 23.5 Å². The number of hydrogen-bond donors (Lipinski definition) is 2. The van der Waals surface area contributed by atoms with E-state index in [1.807, 2.05) is 25.5 Å². The Kier molecular flexibility index (Phi) is 4.07. The summed E-state index contributed by atoms with van der Waals surface area (Å²) in [7, 11) is 0. The molecule has 0 fully saturated rings. The molecule has 0 radical (unpaired) electrons. The van der Waals surface area contributed by atoms with Crippen LogP contribution in [0.5, 0.6) is 0 Å². The van der Waals surface area contributed by atoms with Crippen molar-refractivity contribution in [2.45, 2.75) is 26.0 Å². The number of thioether (sulfide) groups is 1. The molecule has 1 atom stereocenters. The van der Waals surface area contributed by atoms with Crippen LogP contribution in [-0.2, 0) is 4.79 Å². The average molecular weight is 371 g/mol. The summed E-state index contributed by atoms with van der Waals surface area (Å²) in [6.45, 7) is 5.90. The van der Waals surface area contributed by atoms with Crippen LogP contribution in [0.1, 0.15) is 33.5 Å². The van der Waals surface area contributed by atoms with E-state index in [1.165, 1.54) is 12.1 Å². The molecule has 3 heterocycles. The summed E-state index contributed by atoms with van der Waals surface area (Å²) in [4.78, 5) is 12.0. The fraction of sp³-hybridized carbons (Fsp3) is 0.278. The summed E-state index contributed by atoms with van der Waals surface area (Å²) in [5.74, 6) is 0.585. The third kappa shape index (κ3) is 2.70. The standard InChI is InChI=1S/C18H18FN5OS/c1-9-16-17(26-8-14(25)20-18(16)22-21-9)15-10(2)23-24(11(15)3)13-6-4-12(19)5-7-13/h4-7,17H,8H2,1-3H3,(H2,20,21,22,25)/t17-/m1/s1. The second-order valence-electron chi connectivity index (χ2n) is 6.32. The number of amides is 1. The first-order valence-electron chi connectivity index (χ1n) is 8.24. The summed E-state index contributed by atoms with van der Waals surface area (Å²) in [5.41, 5.74) is 5.60. The Balaban J connectivity index is 1.85. The first-order chi connectivity index (χ1) is 12.5. The minimum Gasteiger partial charge on any atom is -0.308 e. The number of aromatic amines is 1. The Hall–Kier alpha value is -2.61. The molecule has 0 spiro atoms. The SMILES string of the molecule is Cc1nn(-c2ccc(F)cc2)c(C)c1[C@H]1SCC(=O)Nc2n[nH]c(C)c21. The number of rotatable bonds is 2. The first-order valence-corrected chi connectivity index (χ1v) is 9.29. The molecule has 4 rings (SSSR count). The minimum atomic E-state index is -0.280. The molecule has 0 bridgehead atoms. The van der Waals surface area contributed by atoms with Crippen LogP contribution in [-0.4, -0.2) is 31.6 Å². The maximum absolute atomic E-state index is 13.3. The van der Waals surface area contributed by atoms with E-state index >= 15 is 0 Å². The van der Waals surface area contributed by atoms with E-state index in [4.69, 9.17) is 0 Å². The van der Waals surface area contributed by atoms with Crippen LogP contribution in [0.25, 0.3) is 5.69 Å². The highest BCUT2D eigenvalue weighted by molar-refractivity contribution is 8.00. The maximum Gasteiger partial charge on any atom is 0.235 e. The number of nitrogens with zero attached hydrogens (tertiary/aromatic N) is 3. The molecular weight excluding hydrogens is 353 g/mol. The van der Waals surface area contributed by atoms with Gasteiger partial charge in [-0.25, -0.2) is 9.07 Å². The Labute approximate surface area is 154 Å². The van der Waals surface area contributed by atoms with Crippen LogP contribution < -0.4 is 5.32 Å². The Morgan fingerprint density at radius 2 is 1.92 bits per heavy atom. The van der Waals surface area contributed by atoms with Gasteiger partial charge in [0, 0.05) is 22.5 Å². The van der Waals surface area contributed by atoms with E-state index in [9.17, 15) is 9.18 Å². The maximum atomic E-state index is 13.3. The van der Waals surface area contributed by atoms with Gasteiger partial charge in [0.1, 0.15) is 5.82 Å². The van der Waals surface area contributed by atoms with Gasteiger partial charge in [0.15, 0.2) is 5.82 Å². The molecule has 0 saturated heterocycles. The van der Waals surface area contributed by atoms with Crippen molar-refractivity contribution in [3.63, 3.8) is 0 Å². The number of benzene rings is 1. The second-order valence-corrected chi connectivity index (χ2v) is 7.42. The fourth-order valence-corrected chi connectivity index (χ4v) is 4.71. The van der Waals surface area contributed by atoms with Gasteiger partial charge in [-0.2, -0.15) is 10.2 Å². The zero-order valence-corrected chi connectivity index (χ0v) is 15.4. The van der Waals surface area contributed by atoms with E-state index in [2.05, 4.69) is 20.6 Å². The third-order valence-corrected chi connectivity index (χ3v) is 5.81. The van der Waals surface area contributed by atoms with E-state index in [1.54, 1.807) is 23.9 Å². The first kappa shape index (κ1) is 16.8. The predicted octanol–water partition coefficient (Wildman–Crippen LogP) is 3.43. The number of H-pyrrole nitrogens is 1. The highest BCUT2D eigenvalue weighted by Gasteiger charge is 2.32. The van der Waals surface area contributed by atoms with Gasteiger partial charge in [-0.05, 0) is 45.0 Å². The highest BCUT2D eigenvalue weighted by Crippen LogP contribution is 2.44. The van der Waals surface area contributed by atoms with Crippen molar-refractivity contribution in [1.82, 2.24) is 20.0 Å². The summed E-state index contributed by atoms with van der Waals surface area (Å²) in [6.07, 6.45) is 0. The van der Waals surface area contributed by atoms with Gasteiger partial charge in [-0.15, -0.1) is 11.8 Å². The minimum absolute atomic E-state index is 0.0584. The lowest BCUT2D eigenvalue weighted by atomic mass is 10.0. The number of anilines is 1. The number of aromatic nitrogens is 4. The van der Waals surface area contributed by atoms with Crippen molar-refractivity contribution in [1.29, 1.82) is 0 Å². The summed E-state index contributed by atoms with van der Waals surface area (Å²) < 4.78 is 15.1. The highest BCUT2D eigenvalue weighted by atomic mass is 32.2. The van der Waals surface area contributed by atoms with Crippen LogP contribution in [0.4, 0.5) is 10.2 Å². The van der Waals surface area contributed by atoms with Gasteiger partial charge in [-0.1, -0.05) is 0 Å². The molecule has 0 saturated carbocycles. The number of carbonyl (C=O) groups is 1. The molecule has 134 valence electrons. The van der Waals surface area contributed by atoms with E-state index in [-0.39, 0.29) is 17.0 Å². The van der Waals surface area contributed by atoms with Crippen LogP contribution >= 0.6 is 11.8 Å². The van der Waals surface area contributed by atoms with Crippen LogP contribution in [0.2, 0.25) is 0 Å². The van der Waals surface area contributed by atoms with Gasteiger partial charge in [0.2, 0.25) is 5.91 Å². The fourth-order valence-electron chi connectivity index (χ4n) is 3.36. The molecule has 2 N–H and O–H groups in total. The topological polar surface area (TPSA) is 75.6 Å². The smallest absolute Gasteiger partial charge is 0.235 e. The predicted molar refractivity (Wildman–Crippen MR) is 99.3 cm³/mol. The molecule has 26 heavy (non-hydrogen) atoms. The molecule has 0 unspecified atom stereocenters. The molecule has 1 aliphatic rings. The van der Waals surface area contributed by atoms with Gasteiger partial charge in [0.25, 0.3) is 0 Å². The van der Waals surface area contributed by atoms with Gasteiger partial charge < -0.3 is 5.32 Å². The quantitative estimate of drug-likeness (QED) is 0.724. The van der Waals surface area contributed by atoms with Crippen molar-refractivity contribution in [3.05, 3.63) is 58.3 Å². The number of fused-ring (bicyclic) bond motifs is 1. The normalized spacial score (nSPS) is 16.9. The van der Waals surface area contributed by atoms with Gasteiger partial charge in [-0.3, -0.25) is 9.89 Å². The van der Waals surface area contributed by atoms with Crippen molar-refractivity contribution in [2.24, 2.45) is 0 Å². The zero-order valence-electron chi connectivity index (χ0n) is 14.6. The lowest BCUT2D eigenvalue weighted by molar-refractivity contribution is -0.113. The van der Waals surface area contributed by atoms with E-state index in [0.29, 0.717) is 11.6 Å². The van der Waals surface area contributed by atoms with Crippen LogP contribution in [0.15, 0.2) is 24.3 Å². The largest absolute Gasteiger partial charge is 0.308 e. The number of carbonyl (C=O) groups excluding carboxylic acids is 1. The number of aryl methyl sites for hydroxylation is 2. The number of nitrogens with one attached hydrogen (secondary N) is 2. The Bertz CT molecular complexity index is 992. The molecule has 6 nitrogen and oxygen atoms in total. The van der Waals surface area contributed by atoms with Crippen LogP contribution in [0, 0.1) is 26.6 Å². The van der Waals surface area contributed by atoms with Crippen molar-refractivity contribution in [2.75, 3.05) is 11.1 Å². The molecule has 8 heteroatoms. The monoisotopic (exact) mass is 371 g/mol. The van der Waals surface area contributed by atoms with Gasteiger partial charge in [0.05, 0.1) is 22.4 Å². The molecule has 2 aromatic heterocycles. The number of hydrogen-bond acceptors (Lipinski definition) is 4. The molecule has 1 amide bonds. The second kappa shape index (κ2) is 6.28. The van der Waals surface area contributed by atoms with Crippen molar-refractivity contribution < 1.29 is 9.18 Å². The lowest BCUT2D eigenvalue weighted by Crippen LogP contribution is -2.12. The lowest BCUT2D eigenvalue weighted by Gasteiger charge is -2.16. The molecular formula is C18H18FN5OS.